The Hall–Kier alpha value is -2.40. The molecule has 2 rings (SSSR count). The second kappa shape index (κ2) is 7.45. The van der Waals surface area contributed by atoms with Crippen molar-refractivity contribution in [2.24, 2.45) is 0 Å². The molecule has 7 nitrogen and oxygen atoms in total. The molecule has 0 aliphatic carbocycles. The Morgan fingerprint density at radius 2 is 2.17 bits per heavy atom. The van der Waals surface area contributed by atoms with E-state index in [0.29, 0.717) is 18.5 Å². The van der Waals surface area contributed by atoms with Crippen molar-refractivity contribution in [1.82, 2.24) is 4.90 Å². The van der Waals surface area contributed by atoms with Crippen LogP contribution in [0.2, 0.25) is 0 Å². The van der Waals surface area contributed by atoms with Crippen LogP contribution in [0.4, 0.5) is 0 Å². The van der Waals surface area contributed by atoms with Gasteiger partial charge in [-0.15, -0.1) is 0 Å². The summed E-state index contributed by atoms with van der Waals surface area (Å²) in [6.07, 6.45) is 0.403. The van der Waals surface area contributed by atoms with Crippen LogP contribution in [0, 0.1) is 11.3 Å². The highest BCUT2D eigenvalue weighted by Crippen LogP contribution is 2.18. The van der Waals surface area contributed by atoms with Crippen molar-refractivity contribution in [2.75, 3.05) is 24.7 Å². The molecule has 1 atom stereocenters. The molecule has 0 N–H and O–H groups in total. The zero-order chi connectivity index (χ0) is 17.7. The van der Waals surface area contributed by atoms with Gasteiger partial charge in [0.05, 0.1) is 28.7 Å². The Kier molecular flexibility index (Phi) is 5.57. The Labute approximate surface area is 140 Å². The molecule has 0 radical (unpaired) electrons. The Bertz CT molecular complexity index is 782. The van der Waals surface area contributed by atoms with Crippen LogP contribution < -0.4 is 0 Å². The molecule has 24 heavy (non-hydrogen) atoms. The summed E-state index contributed by atoms with van der Waals surface area (Å²) in [6, 6.07) is 7.54. The van der Waals surface area contributed by atoms with E-state index in [9.17, 15) is 18.0 Å². The highest BCUT2D eigenvalue weighted by molar-refractivity contribution is 7.91. The molecule has 0 bridgehead atoms. The molecular weight excluding hydrogens is 332 g/mol. The fraction of sp³-hybridized carbons (Fsp3) is 0.438. The van der Waals surface area contributed by atoms with Crippen molar-refractivity contribution in [1.29, 1.82) is 5.26 Å². The minimum Gasteiger partial charge on any atom is -0.452 e. The zero-order valence-electron chi connectivity index (χ0n) is 13.3. The number of hydrogen-bond donors (Lipinski definition) is 0. The minimum absolute atomic E-state index is 0.0509. The third-order valence-corrected chi connectivity index (χ3v) is 5.61. The van der Waals surface area contributed by atoms with E-state index in [4.69, 9.17) is 10.00 Å². The van der Waals surface area contributed by atoms with E-state index >= 15 is 0 Å². The molecule has 1 saturated heterocycles. The lowest BCUT2D eigenvalue weighted by Crippen LogP contribution is -2.43. The first-order valence-corrected chi connectivity index (χ1v) is 9.35. The number of nitrogens with zero attached hydrogens (tertiary/aromatic N) is 2. The van der Waals surface area contributed by atoms with E-state index in [2.05, 4.69) is 0 Å². The third-order valence-electron chi connectivity index (χ3n) is 3.86. The van der Waals surface area contributed by atoms with Crippen molar-refractivity contribution < 1.29 is 22.7 Å². The SMILES string of the molecule is CCN(C(=O)COC(=O)c1cccc(C#N)c1)[C@@H]1CCS(=O)(=O)C1. The third kappa shape index (κ3) is 4.32. The summed E-state index contributed by atoms with van der Waals surface area (Å²) in [7, 11) is -3.10. The van der Waals surface area contributed by atoms with Gasteiger partial charge in [-0.1, -0.05) is 6.07 Å². The molecule has 0 spiro atoms. The van der Waals surface area contributed by atoms with Gasteiger partial charge >= 0.3 is 5.97 Å². The van der Waals surface area contributed by atoms with Gasteiger partial charge < -0.3 is 9.64 Å². The normalized spacial score (nSPS) is 18.6. The quantitative estimate of drug-likeness (QED) is 0.726. The lowest BCUT2D eigenvalue weighted by atomic mass is 10.1. The summed E-state index contributed by atoms with van der Waals surface area (Å²) in [5.41, 5.74) is 0.510. The summed E-state index contributed by atoms with van der Waals surface area (Å²) in [6.45, 7) is 1.64. The first kappa shape index (κ1) is 17.9. The van der Waals surface area contributed by atoms with Gasteiger partial charge in [0.25, 0.3) is 5.91 Å². The number of sulfone groups is 1. The molecule has 8 heteroatoms. The molecule has 0 saturated carbocycles. The monoisotopic (exact) mass is 350 g/mol. The average Bonchev–Trinajstić information content (AvgIpc) is 2.93. The van der Waals surface area contributed by atoms with Gasteiger partial charge in [0.15, 0.2) is 16.4 Å². The van der Waals surface area contributed by atoms with Crippen LogP contribution in [0.3, 0.4) is 0 Å². The van der Waals surface area contributed by atoms with E-state index in [-0.39, 0.29) is 23.1 Å². The minimum atomic E-state index is -3.10. The van der Waals surface area contributed by atoms with Crippen LogP contribution in [-0.4, -0.2) is 55.9 Å². The van der Waals surface area contributed by atoms with Crippen LogP contribution in [0.15, 0.2) is 24.3 Å². The number of benzene rings is 1. The number of hydrogen-bond acceptors (Lipinski definition) is 6. The molecule has 0 aromatic heterocycles. The number of likely N-dealkylation sites (N-methyl/N-ethyl adjacent to an activating group) is 1. The van der Waals surface area contributed by atoms with Crippen molar-refractivity contribution in [3.05, 3.63) is 35.4 Å². The van der Waals surface area contributed by atoms with Crippen LogP contribution >= 0.6 is 0 Å². The number of carbonyl (C=O) groups is 2. The summed E-state index contributed by atoms with van der Waals surface area (Å²) in [5.74, 6) is -1.10. The lowest BCUT2D eigenvalue weighted by Gasteiger charge is -2.26. The molecule has 1 aromatic rings. The molecule has 1 amide bonds. The second-order valence-corrected chi connectivity index (χ2v) is 7.73. The molecule has 1 aliphatic heterocycles. The molecule has 1 aliphatic rings. The van der Waals surface area contributed by atoms with Crippen molar-refractivity contribution >= 4 is 21.7 Å². The maximum atomic E-state index is 12.2. The zero-order valence-corrected chi connectivity index (χ0v) is 14.1. The second-order valence-electron chi connectivity index (χ2n) is 5.51. The number of carbonyl (C=O) groups excluding carboxylic acids is 2. The number of nitriles is 1. The summed E-state index contributed by atoms with van der Waals surface area (Å²) >= 11 is 0. The Balaban J connectivity index is 1.96. The van der Waals surface area contributed by atoms with Crippen LogP contribution in [0.1, 0.15) is 29.3 Å². The van der Waals surface area contributed by atoms with E-state index in [0.717, 1.165) is 0 Å². The summed E-state index contributed by atoms with van der Waals surface area (Å²) in [4.78, 5) is 25.6. The maximum absolute atomic E-state index is 12.2. The predicted octanol–water partition coefficient (Wildman–Crippen LogP) is 0.751. The first-order chi connectivity index (χ1) is 11.4. The van der Waals surface area contributed by atoms with E-state index < -0.39 is 28.3 Å². The van der Waals surface area contributed by atoms with Crippen molar-refractivity contribution in [3.63, 3.8) is 0 Å². The highest BCUT2D eigenvalue weighted by atomic mass is 32.2. The first-order valence-electron chi connectivity index (χ1n) is 7.53. The van der Waals surface area contributed by atoms with Crippen molar-refractivity contribution in [2.45, 2.75) is 19.4 Å². The number of esters is 1. The molecule has 128 valence electrons. The molecule has 1 aromatic carbocycles. The van der Waals surface area contributed by atoms with Gasteiger partial charge in [0.1, 0.15) is 0 Å². The summed E-state index contributed by atoms with van der Waals surface area (Å²) in [5, 5.41) is 8.82. The van der Waals surface area contributed by atoms with Crippen LogP contribution in [0.25, 0.3) is 0 Å². The van der Waals surface area contributed by atoms with E-state index in [1.165, 1.54) is 17.0 Å². The van der Waals surface area contributed by atoms with E-state index in [1.807, 2.05) is 6.07 Å². The fourth-order valence-corrected chi connectivity index (χ4v) is 4.40. The van der Waals surface area contributed by atoms with Gasteiger partial charge in [-0.25, -0.2) is 13.2 Å². The van der Waals surface area contributed by atoms with Crippen LogP contribution in [-0.2, 0) is 19.4 Å². The van der Waals surface area contributed by atoms with Gasteiger partial charge in [0.2, 0.25) is 0 Å². The molecule has 0 unspecified atom stereocenters. The van der Waals surface area contributed by atoms with Gasteiger partial charge in [-0.05, 0) is 31.5 Å². The standard InChI is InChI=1S/C16H18N2O5S/c1-2-18(14-6-7-24(21,22)11-14)15(19)10-23-16(20)13-5-3-4-12(8-13)9-17/h3-5,8,14H,2,6-7,10-11H2,1H3/t14-/m1/s1. The van der Waals surface area contributed by atoms with Gasteiger partial charge in [-0.2, -0.15) is 5.26 Å². The lowest BCUT2D eigenvalue weighted by molar-refractivity contribution is -0.136. The molecule has 1 heterocycles. The smallest absolute Gasteiger partial charge is 0.338 e. The van der Waals surface area contributed by atoms with E-state index in [1.54, 1.807) is 19.1 Å². The largest absolute Gasteiger partial charge is 0.452 e. The topological polar surface area (TPSA) is 105 Å². The maximum Gasteiger partial charge on any atom is 0.338 e. The van der Waals surface area contributed by atoms with Gasteiger partial charge in [0, 0.05) is 12.6 Å². The predicted molar refractivity (Wildman–Crippen MR) is 85.9 cm³/mol. The highest BCUT2D eigenvalue weighted by Gasteiger charge is 2.34. The van der Waals surface area contributed by atoms with Crippen LogP contribution in [0.5, 0.6) is 0 Å². The summed E-state index contributed by atoms with van der Waals surface area (Å²) < 4.78 is 28.1. The Morgan fingerprint density at radius 1 is 1.42 bits per heavy atom. The number of amides is 1. The number of rotatable bonds is 5. The molecular formula is C16H18N2O5S. The average molecular weight is 350 g/mol. The number of ether oxygens (including phenoxy) is 1. The molecule has 1 fully saturated rings. The van der Waals surface area contributed by atoms with Crippen molar-refractivity contribution in [3.8, 4) is 6.07 Å². The fourth-order valence-electron chi connectivity index (χ4n) is 2.67. The Morgan fingerprint density at radius 3 is 2.75 bits per heavy atom. The van der Waals surface area contributed by atoms with Gasteiger partial charge in [-0.3, -0.25) is 4.79 Å².